The van der Waals surface area contributed by atoms with Crippen LogP contribution in [0.3, 0.4) is 0 Å². The van der Waals surface area contributed by atoms with Crippen LogP contribution in [0.25, 0.3) is 0 Å². The molecule has 1 amide bonds. The first-order valence-corrected chi connectivity index (χ1v) is 8.67. The number of carbonyl (C=O) groups is 1. The highest BCUT2D eigenvalue weighted by Crippen LogP contribution is 2.23. The lowest BCUT2D eigenvalue weighted by Crippen LogP contribution is -2.50. The molecule has 27 heavy (non-hydrogen) atoms. The van der Waals surface area contributed by atoms with E-state index in [0.717, 1.165) is 5.69 Å². The third-order valence-electron chi connectivity index (χ3n) is 4.29. The van der Waals surface area contributed by atoms with Crippen LogP contribution in [0.2, 0.25) is 5.02 Å². The van der Waals surface area contributed by atoms with Crippen LogP contribution in [-0.4, -0.2) is 48.5 Å². The maximum Gasteiger partial charge on any atom is 0.271 e. The van der Waals surface area contributed by atoms with Gasteiger partial charge in [-0.3, -0.25) is 14.9 Å². The van der Waals surface area contributed by atoms with Gasteiger partial charge in [0.05, 0.1) is 9.95 Å². The molecular formula is C18H17ClFN3O4. The molecule has 7 nitrogen and oxygen atoms in total. The molecule has 1 fully saturated rings. The van der Waals surface area contributed by atoms with Crippen molar-refractivity contribution >= 4 is 28.9 Å². The number of rotatable bonds is 5. The van der Waals surface area contributed by atoms with Crippen molar-refractivity contribution in [1.29, 1.82) is 0 Å². The number of anilines is 1. The molecular weight excluding hydrogens is 377 g/mol. The number of nitro benzene ring substituents is 1. The molecule has 0 atom stereocenters. The second-order valence-electron chi connectivity index (χ2n) is 6.01. The molecule has 0 radical (unpaired) electrons. The van der Waals surface area contributed by atoms with Crippen LogP contribution in [-0.2, 0) is 4.79 Å². The second-order valence-corrected chi connectivity index (χ2v) is 6.42. The van der Waals surface area contributed by atoms with E-state index in [1.165, 1.54) is 30.3 Å². The number of amides is 1. The Morgan fingerprint density at radius 3 is 2.59 bits per heavy atom. The number of non-ortho nitro benzene ring substituents is 1. The molecule has 1 saturated heterocycles. The van der Waals surface area contributed by atoms with E-state index in [2.05, 4.69) is 0 Å². The van der Waals surface area contributed by atoms with Crippen molar-refractivity contribution < 1.29 is 18.8 Å². The molecule has 1 aliphatic rings. The zero-order valence-electron chi connectivity index (χ0n) is 14.3. The standard InChI is InChI=1S/C18H17ClFN3O4/c19-16-11-15(4-5-17(16)20)27-12-18(24)22-8-6-21(7-9-22)13-2-1-3-14(10-13)23(25)26/h1-5,10-11H,6-9,12H2. The van der Waals surface area contributed by atoms with Crippen molar-refractivity contribution in [1.82, 2.24) is 4.90 Å². The van der Waals surface area contributed by atoms with Gasteiger partial charge in [0.1, 0.15) is 11.6 Å². The number of nitrogens with zero attached hydrogens (tertiary/aromatic N) is 3. The zero-order valence-corrected chi connectivity index (χ0v) is 15.1. The summed E-state index contributed by atoms with van der Waals surface area (Å²) in [5, 5.41) is 10.8. The summed E-state index contributed by atoms with van der Waals surface area (Å²) in [6.07, 6.45) is 0. The molecule has 1 heterocycles. The van der Waals surface area contributed by atoms with Crippen molar-refractivity contribution in [3.05, 3.63) is 63.4 Å². The molecule has 2 aromatic rings. The first-order valence-electron chi connectivity index (χ1n) is 8.29. The SMILES string of the molecule is O=C(COc1ccc(F)c(Cl)c1)N1CCN(c2cccc([N+](=O)[O-])c2)CC1. The fourth-order valence-corrected chi connectivity index (χ4v) is 2.99. The van der Waals surface area contributed by atoms with Crippen LogP contribution in [0.4, 0.5) is 15.8 Å². The van der Waals surface area contributed by atoms with E-state index in [1.807, 2.05) is 11.0 Å². The topological polar surface area (TPSA) is 75.9 Å². The lowest BCUT2D eigenvalue weighted by atomic mass is 10.2. The summed E-state index contributed by atoms with van der Waals surface area (Å²) < 4.78 is 18.5. The van der Waals surface area contributed by atoms with Gasteiger partial charge in [-0.1, -0.05) is 17.7 Å². The predicted octanol–water partition coefficient (Wildman–Crippen LogP) is 3.11. The first-order chi connectivity index (χ1) is 12.9. The molecule has 2 aromatic carbocycles. The van der Waals surface area contributed by atoms with Gasteiger partial charge < -0.3 is 14.5 Å². The average molecular weight is 394 g/mol. The van der Waals surface area contributed by atoms with Gasteiger partial charge in [-0.05, 0) is 18.2 Å². The number of nitro groups is 1. The maximum atomic E-state index is 13.1. The van der Waals surface area contributed by atoms with Crippen LogP contribution in [0.5, 0.6) is 5.75 Å². The van der Waals surface area contributed by atoms with E-state index >= 15 is 0 Å². The van der Waals surface area contributed by atoms with Crippen LogP contribution in [0, 0.1) is 15.9 Å². The van der Waals surface area contributed by atoms with E-state index in [0.29, 0.717) is 31.9 Å². The lowest BCUT2D eigenvalue weighted by Gasteiger charge is -2.36. The quantitative estimate of drug-likeness (QED) is 0.576. The van der Waals surface area contributed by atoms with Gasteiger partial charge in [-0.25, -0.2) is 4.39 Å². The monoisotopic (exact) mass is 393 g/mol. The summed E-state index contributed by atoms with van der Waals surface area (Å²) in [7, 11) is 0. The van der Waals surface area contributed by atoms with E-state index < -0.39 is 10.7 Å². The molecule has 1 aliphatic heterocycles. The van der Waals surface area contributed by atoms with Crippen LogP contribution < -0.4 is 9.64 Å². The van der Waals surface area contributed by atoms with Gasteiger partial charge >= 0.3 is 0 Å². The van der Waals surface area contributed by atoms with Crippen LogP contribution in [0.15, 0.2) is 42.5 Å². The Kier molecular flexibility index (Phi) is 5.75. The van der Waals surface area contributed by atoms with Crippen molar-refractivity contribution in [2.45, 2.75) is 0 Å². The molecule has 0 spiro atoms. The molecule has 3 rings (SSSR count). The smallest absolute Gasteiger partial charge is 0.271 e. The Hall–Kier alpha value is -2.87. The summed E-state index contributed by atoms with van der Waals surface area (Å²) in [5.74, 6) is -0.410. The van der Waals surface area contributed by atoms with Gasteiger partial charge in [-0.15, -0.1) is 0 Å². The molecule has 0 unspecified atom stereocenters. The van der Waals surface area contributed by atoms with E-state index in [9.17, 15) is 19.3 Å². The number of hydrogen-bond acceptors (Lipinski definition) is 5. The highest BCUT2D eigenvalue weighted by Gasteiger charge is 2.22. The number of ether oxygens (including phenoxy) is 1. The zero-order chi connectivity index (χ0) is 19.4. The molecule has 9 heteroatoms. The fraction of sp³-hybridized carbons (Fsp3) is 0.278. The van der Waals surface area contributed by atoms with Crippen molar-refractivity contribution in [2.75, 3.05) is 37.7 Å². The molecule has 0 N–H and O–H groups in total. The molecule has 0 aliphatic carbocycles. The number of piperazine rings is 1. The van der Waals surface area contributed by atoms with E-state index in [4.69, 9.17) is 16.3 Å². The highest BCUT2D eigenvalue weighted by atomic mass is 35.5. The minimum absolute atomic E-state index is 0.0392. The Bertz CT molecular complexity index is 856. The van der Waals surface area contributed by atoms with Gasteiger partial charge in [0, 0.05) is 50.1 Å². The largest absolute Gasteiger partial charge is 0.484 e. The minimum atomic E-state index is -0.549. The normalized spacial score (nSPS) is 14.1. The Labute approximate surface area is 160 Å². The molecule has 0 saturated carbocycles. The fourth-order valence-electron chi connectivity index (χ4n) is 2.82. The van der Waals surface area contributed by atoms with Crippen molar-refractivity contribution in [3.8, 4) is 5.75 Å². The van der Waals surface area contributed by atoms with E-state index in [-0.39, 0.29) is 23.2 Å². The first kappa shape index (κ1) is 18.9. The molecule has 0 bridgehead atoms. The van der Waals surface area contributed by atoms with Crippen molar-refractivity contribution in [2.24, 2.45) is 0 Å². The van der Waals surface area contributed by atoms with Gasteiger partial charge in [0.15, 0.2) is 6.61 Å². The van der Waals surface area contributed by atoms with Crippen LogP contribution in [0.1, 0.15) is 0 Å². The van der Waals surface area contributed by atoms with E-state index in [1.54, 1.807) is 11.0 Å². The number of hydrogen-bond donors (Lipinski definition) is 0. The Balaban J connectivity index is 1.52. The summed E-state index contributed by atoms with van der Waals surface area (Å²) in [6, 6.07) is 10.3. The molecule has 142 valence electrons. The Morgan fingerprint density at radius 2 is 1.93 bits per heavy atom. The van der Waals surface area contributed by atoms with Gasteiger partial charge in [-0.2, -0.15) is 0 Å². The van der Waals surface area contributed by atoms with Crippen molar-refractivity contribution in [3.63, 3.8) is 0 Å². The lowest BCUT2D eigenvalue weighted by molar-refractivity contribution is -0.384. The summed E-state index contributed by atoms with van der Waals surface area (Å²) in [6.45, 7) is 1.92. The average Bonchev–Trinajstić information content (AvgIpc) is 2.69. The number of benzene rings is 2. The number of halogens is 2. The summed E-state index contributed by atoms with van der Waals surface area (Å²) in [4.78, 5) is 26.4. The maximum absolute atomic E-state index is 13.1. The second kappa shape index (κ2) is 8.22. The predicted molar refractivity (Wildman–Crippen MR) is 98.8 cm³/mol. The Morgan fingerprint density at radius 1 is 1.19 bits per heavy atom. The van der Waals surface area contributed by atoms with Gasteiger partial charge in [0.2, 0.25) is 0 Å². The summed E-state index contributed by atoms with van der Waals surface area (Å²) >= 11 is 5.68. The van der Waals surface area contributed by atoms with Gasteiger partial charge in [0.25, 0.3) is 11.6 Å². The summed E-state index contributed by atoms with van der Waals surface area (Å²) in [5.41, 5.74) is 0.797. The molecule has 0 aromatic heterocycles. The highest BCUT2D eigenvalue weighted by molar-refractivity contribution is 6.30. The number of carbonyl (C=O) groups excluding carboxylic acids is 1. The third kappa shape index (κ3) is 4.65. The van der Waals surface area contributed by atoms with Crippen LogP contribution >= 0.6 is 11.6 Å². The third-order valence-corrected chi connectivity index (χ3v) is 4.58. The minimum Gasteiger partial charge on any atom is -0.484 e.